The van der Waals surface area contributed by atoms with Gasteiger partial charge in [-0.2, -0.15) is 0 Å². The average Bonchev–Trinajstić information content (AvgIpc) is 2.45. The maximum atomic E-state index is 12.6. The molecule has 0 aliphatic carbocycles. The lowest BCUT2D eigenvalue weighted by atomic mass is 9.94. The second kappa shape index (κ2) is 6.29. The maximum absolute atomic E-state index is 12.6. The van der Waals surface area contributed by atoms with Gasteiger partial charge in [-0.3, -0.25) is 9.59 Å². The molecule has 1 heterocycles. The maximum Gasteiger partial charge on any atom is 0.248 e. The Morgan fingerprint density at radius 3 is 2.48 bits per heavy atom. The molecule has 1 atom stereocenters. The van der Waals surface area contributed by atoms with Gasteiger partial charge in [0.25, 0.3) is 0 Å². The zero-order valence-corrected chi connectivity index (χ0v) is 13.1. The highest BCUT2D eigenvalue weighted by molar-refractivity contribution is 5.99. The normalized spacial score (nSPS) is 21.3. The monoisotopic (exact) mass is 288 g/mol. The van der Waals surface area contributed by atoms with Crippen molar-refractivity contribution in [3.8, 4) is 0 Å². The summed E-state index contributed by atoms with van der Waals surface area (Å²) in [5.74, 6) is -0.0222. The quantitative estimate of drug-likeness (QED) is 0.902. The molecule has 1 unspecified atom stereocenters. The van der Waals surface area contributed by atoms with Gasteiger partial charge in [-0.1, -0.05) is 43.7 Å². The first kappa shape index (κ1) is 15.5. The number of nitrogens with zero attached hydrogens (tertiary/aromatic N) is 1. The molecule has 4 heteroatoms. The van der Waals surface area contributed by atoms with Crippen LogP contribution in [0, 0.1) is 0 Å². The zero-order chi connectivity index (χ0) is 15.5. The van der Waals surface area contributed by atoms with E-state index in [2.05, 4.69) is 17.4 Å². The minimum atomic E-state index is -0.808. The fourth-order valence-electron chi connectivity index (χ4n) is 2.80. The first-order valence-electron chi connectivity index (χ1n) is 7.62. The molecule has 1 N–H and O–H groups in total. The van der Waals surface area contributed by atoms with Crippen LogP contribution in [-0.2, 0) is 16.0 Å². The van der Waals surface area contributed by atoms with Gasteiger partial charge in [0, 0.05) is 6.54 Å². The summed E-state index contributed by atoms with van der Waals surface area (Å²) >= 11 is 0. The topological polar surface area (TPSA) is 49.4 Å². The van der Waals surface area contributed by atoms with E-state index >= 15 is 0 Å². The molecule has 21 heavy (non-hydrogen) atoms. The molecule has 1 aliphatic heterocycles. The Labute approximate surface area is 126 Å². The number of carbonyl (C=O) groups excluding carboxylic acids is 2. The van der Waals surface area contributed by atoms with Crippen LogP contribution in [0.5, 0.6) is 0 Å². The number of nitrogens with one attached hydrogen (secondary N) is 1. The van der Waals surface area contributed by atoms with Crippen molar-refractivity contribution in [2.45, 2.75) is 51.6 Å². The van der Waals surface area contributed by atoms with E-state index in [0.717, 1.165) is 12.8 Å². The van der Waals surface area contributed by atoms with Gasteiger partial charge in [0.05, 0.1) is 0 Å². The van der Waals surface area contributed by atoms with Crippen molar-refractivity contribution in [3.63, 3.8) is 0 Å². The molecule has 2 amide bonds. The Morgan fingerprint density at radius 2 is 1.86 bits per heavy atom. The SMILES string of the molecule is CCCC1C(=O)NC(C)(C)C(=O)N1CCc1ccccc1. The van der Waals surface area contributed by atoms with Gasteiger partial charge in [0.2, 0.25) is 11.8 Å². The van der Waals surface area contributed by atoms with Gasteiger partial charge in [-0.25, -0.2) is 0 Å². The Balaban J connectivity index is 2.14. The first-order chi connectivity index (χ1) is 9.95. The van der Waals surface area contributed by atoms with Crippen LogP contribution < -0.4 is 5.32 Å². The summed E-state index contributed by atoms with van der Waals surface area (Å²) < 4.78 is 0. The van der Waals surface area contributed by atoms with Crippen molar-refractivity contribution >= 4 is 11.8 Å². The molecule has 0 aromatic heterocycles. The molecule has 1 fully saturated rings. The van der Waals surface area contributed by atoms with Gasteiger partial charge in [0.15, 0.2) is 0 Å². The van der Waals surface area contributed by atoms with E-state index in [1.165, 1.54) is 5.56 Å². The molecule has 114 valence electrons. The molecule has 0 radical (unpaired) electrons. The van der Waals surface area contributed by atoms with Gasteiger partial charge < -0.3 is 10.2 Å². The van der Waals surface area contributed by atoms with Gasteiger partial charge >= 0.3 is 0 Å². The molecule has 1 saturated heterocycles. The third-order valence-corrected chi connectivity index (χ3v) is 3.96. The van der Waals surface area contributed by atoms with Crippen molar-refractivity contribution in [1.29, 1.82) is 0 Å². The largest absolute Gasteiger partial charge is 0.340 e. The Kier molecular flexibility index (Phi) is 4.66. The Bertz CT molecular complexity index is 511. The van der Waals surface area contributed by atoms with E-state index < -0.39 is 5.54 Å². The molecule has 2 rings (SSSR count). The minimum Gasteiger partial charge on any atom is -0.340 e. The minimum absolute atomic E-state index is 0.0106. The second-order valence-electron chi connectivity index (χ2n) is 6.15. The van der Waals surface area contributed by atoms with Crippen LogP contribution in [0.3, 0.4) is 0 Å². The summed E-state index contributed by atoms with van der Waals surface area (Å²) in [5, 5.41) is 2.84. The number of hydrogen-bond donors (Lipinski definition) is 1. The average molecular weight is 288 g/mol. The summed E-state index contributed by atoms with van der Waals surface area (Å²) in [4.78, 5) is 26.6. The molecular weight excluding hydrogens is 264 g/mol. The van der Waals surface area contributed by atoms with E-state index in [-0.39, 0.29) is 17.9 Å². The van der Waals surface area contributed by atoms with Crippen LogP contribution in [0.15, 0.2) is 30.3 Å². The van der Waals surface area contributed by atoms with Crippen LogP contribution >= 0.6 is 0 Å². The summed E-state index contributed by atoms with van der Waals surface area (Å²) in [5.41, 5.74) is 0.377. The summed E-state index contributed by atoms with van der Waals surface area (Å²) in [6, 6.07) is 9.73. The van der Waals surface area contributed by atoms with E-state index in [9.17, 15) is 9.59 Å². The van der Waals surface area contributed by atoms with E-state index in [4.69, 9.17) is 0 Å². The van der Waals surface area contributed by atoms with E-state index in [1.54, 1.807) is 18.7 Å². The highest BCUT2D eigenvalue weighted by Gasteiger charge is 2.44. The second-order valence-corrected chi connectivity index (χ2v) is 6.15. The van der Waals surface area contributed by atoms with Gasteiger partial charge in [-0.15, -0.1) is 0 Å². The standard InChI is InChI=1S/C17H24N2O2/c1-4-8-14-15(20)18-17(2,3)16(21)19(14)12-11-13-9-6-5-7-10-13/h5-7,9-10,14H,4,8,11-12H2,1-3H3,(H,18,20). The molecule has 0 bridgehead atoms. The molecule has 1 aromatic rings. The molecule has 0 saturated carbocycles. The van der Waals surface area contributed by atoms with Crippen molar-refractivity contribution in [3.05, 3.63) is 35.9 Å². The van der Waals surface area contributed by atoms with Crippen LogP contribution in [0.2, 0.25) is 0 Å². The summed E-state index contributed by atoms with van der Waals surface area (Å²) in [6.45, 7) is 6.16. The van der Waals surface area contributed by atoms with Gasteiger partial charge in [0.1, 0.15) is 11.6 Å². The summed E-state index contributed by atoms with van der Waals surface area (Å²) in [6.07, 6.45) is 2.37. The fourth-order valence-corrected chi connectivity index (χ4v) is 2.80. The molecule has 0 spiro atoms. The lowest BCUT2D eigenvalue weighted by Gasteiger charge is -2.43. The fraction of sp³-hybridized carbons (Fsp3) is 0.529. The summed E-state index contributed by atoms with van der Waals surface area (Å²) in [7, 11) is 0. The van der Waals surface area contributed by atoms with Crippen LogP contribution in [-0.4, -0.2) is 34.8 Å². The smallest absolute Gasteiger partial charge is 0.248 e. The molecular formula is C17H24N2O2. The zero-order valence-electron chi connectivity index (χ0n) is 13.1. The predicted molar refractivity (Wildman–Crippen MR) is 82.8 cm³/mol. The third kappa shape index (κ3) is 3.43. The van der Waals surface area contributed by atoms with Crippen molar-refractivity contribution < 1.29 is 9.59 Å². The number of carbonyl (C=O) groups is 2. The number of rotatable bonds is 5. The molecule has 1 aliphatic rings. The highest BCUT2D eigenvalue weighted by atomic mass is 16.2. The number of hydrogen-bond acceptors (Lipinski definition) is 2. The van der Waals surface area contributed by atoms with Crippen LogP contribution in [0.1, 0.15) is 39.2 Å². The van der Waals surface area contributed by atoms with Gasteiger partial charge in [-0.05, 0) is 32.3 Å². The van der Waals surface area contributed by atoms with Crippen molar-refractivity contribution in [1.82, 2.24) is 10.2 Å². The number of amides is 2. The predicted octanol–water partition coefficient (Wildman–Crippen LogP) is 2.13. The lowest BCUT2D eigenvalue weighted by Crippen LogP contribution is -2.68. The van der Waals surface area contributed by atoms with E-state index in [0.29, 0.717) is 13.0 Å². The molecule has 4 nitrogen and oxygen atoms in total. The van der Waals surface area contributed by atoms with Crippen molar-refractivity contribution in [2.24, 2.45) is 0 Å². The number of piperazine rings is 1. The Morgan fingerprint density at radius 1 is 1.19 bits per heavy atom. The lowest BCUT2D eigenvalue weighted by molar-refractivity contribution is -0.153. The first-order valence-corrected chi connectivity index (χ1v) is 7.62. The van der Waals surface area contributed by atoms with Crippen LogP contribution in [0.4, 0.5) is 0 Å². The number of benzene rings is 1. The third-order valence-electron chi connectivity index (χ3n) is 3.96. The Hall–Kier alpha value is -1.84. The van der Waals surface area contributed by atoms with Crippen LogP contribution in [0.25, 0.3) is 0 Å². The molecule has 1 aromatic carbocycles. The highest BCUT2D eigenvalue weighted by Crippen LogP contribution is 2.21. The van der Waals surface area contributed by atoms with E-state index in [1.807, 2.05) is 25.1 Å². The van der Waals surface area contributed by atoms with Crippen molar-refractivity contribution in [2.75, 3.05) is 6.54 Å².